The van der Waals surface area contributed by atoms with E-state index in [9.17, 15) is 4.79 Å². The van der Waals surface area contributed by atoms with Crippen LogP contribution in [-0.4, -0.2) is 45.2 Å². The van der Waals surface area contributed by atoms with Crippen molar-refractivity contribution in [1.29, 1.82) is 0 Å². The number of hydrogen-bond acceptors (Lipinski definition) is 3. The summed E-state index contributed by atoms with van der Waals surface area (Å²) in [6.07, 6.45) is 5.00. The van der Waals surface area contributed by atoms with Gasteiger partial charge in [0.15, 0.2) is 5.65 Å². The van der Waals surface area contributed by atoms with Crippen molar-refractivity contribution < 1.29 is 4.79 Å². The minimum Gasteiger partial charge on any atom is -0.338 e. The van der Waals surface area contributed by atoms with Crippen LogP contribution in [0.25, 0.3) is 5.65 Å². The number of rotatable bonds is 3. The molecule has 0 saturated carbocycles. The van der Waals surface area contributed by atoms with E-state index in [-0.39, 0.29) is 11.9 Å². The first kappa shape index (κ1) is 13.9. The molecule has 1 unspecified atom stereocenters. The first-order chi connectivity index (χ1) is 10.3. The molecule has 0 aliphatic carbocycles. The second-order valence-electron chi connectivity index (χ2n) is 5.50. The molecule has 1 aliphatic heterocycles. The molecule has 6 heteroatoms. The van der Waals surface area contributed by atoms with Crippen LogP contribution in [0, 0.1) is 0 Å². The summed E-state index contributed by atoms with van der Waals surface area (Å²) in [4.78, 5) is 14.0. The summed E-state index contributed by atoms with van der Waals surface area (Å²) in [5, 5.41) is 11.5. The number of hydrogen-bond donors (Lipinski definition) is 1. The van der Waals surface area contributed by atoms with Crippen LogP contribution in [0.1, 0.15) is 37.9 Å². The Bertz CT molecular complexity index is 623. The van der Waals surface area contributed by atoms with Gasteiger partial charge in [0.25, 0.3) is 0 Å². The maximum Gasteiger partial charge on any atom is 0.317 e. The number of amides is 2. The maximum absolute atomic E-state index is 12.1. The van der Waals surface area contributed by atoms with Gasteiger partial charge >= 0.3 is 6.03 Å². The van der Waals surface area contributed by atoms with Crippen LogP contribution in [0.3, 0.4) is 0 Å². The van der Waals surface area contributed by atoms with Gasteiger partial charge in [-0.15, -0.1) is 10.2 Å². The molecule has 21 heavy (non-hydrogen) atoms. The largest absolute Gasteiger partial charge is 0.338 e. The van der Waals surface area contributed by atoms with Crippen LogP contribution in [0.4, 0.5) is 4.79 Å². The molecule has 0 bridgehead atoms. The molecule has 112 valence electrons. The van der Waals surface area contributed by atoms with Crippen LogP contribution < -0.4 is 5.32 Å². The van der Waals surface area contributed by atoms with Gasteiger partial charge in [0.1, 0.15) is 5.82 Å². The van der Waals surface area contributed by atoms with Crippen LogP contribution in [0.5, 0.6) is 0 Å². The summed E-state index contributed by atoms with van der Waals surface area (Å²) in [5.41, 5.74) is 0.861. The topological polar surface area (TPSA) is 62.5 Å². The lowest BCUT2D eigenvalue weighted by molar-refractivity contribution is 0.178. The summed E-state index contributed by atoms with van der Waals surface area (Å²) in [7, 11) is 0. The minimum absolute atomic E-state index is 0.0374. The van der Waals surface area contributed by atoms with E-state index < -0.39 is 0 Å². The molecule has 0 aromatic carbocycles. The highest BCUT2D eigenvalue weighted by Gasteiger charge is 2.27. The third-order valence-corrected chi connectivity index (χ3v) is 3.94. The molecule has 2 aromatic heterocycles. The maximum atomic E-state index is 12.1. The Hall–Kier alpha value is -2.11. The molecular weight excluding hydrogens is 266 g/mol. The summed E-state index contributed by atoms with van der Waals surface area (Å²) in [6.45, 7) is 4.32. The quantitative estimate of drug-likeness (QED) is 0.939. The fourth-order valence-corrected chi connectivity index (χ4v) is 2.85. The second-order valence-corrected chi connectivity index (χ2v) is 5.50. The molecule has 1 aliphatic rings. The van der Waals surface area contributed by atoms with Crippen molar-refractivity contribution in [2.75, 3.05) is 19.6 Å². The van der Waals surface area contributed by atoms with Gasteiger partial charge in [0.2, 0.25) is 0 Å². The van der Waals surface area contributed by atoms with Crippen LogP contribution >= 0.6 is 0 Å². The monoisotopic (exact) mass is 287 g/mol. The Morgan fingerprint density at radius 1 is 1.43 bits per heavy atom. The highest BCUT2D eigenvalue weighted by atomic mass is 16.2. The zero-order valence-corrected chi connectivity index (χ0v) is 12.3. The molecule has 1 fully saturated rings. The highest BCUT2D eigenvalue weighted by Crippen LogP contribution is 2.25. The van der Waals surface area contributed by atoms with Gasteiger partial charge in [0, 0.05) is 31.7 Å². The Kier molecular flexibility index (Phi) is 4.03. The number of likely N-dealkylation sites (tertiary alicyclic amines) is 1. The predicted molar refractivity (Wildman–Crippen MR) is 80.2 cm³/mol. The number of nitrogens with one attached hydrogen (secondary N) is 1. The van der Waals surface area contributed by atoms with Gasteiger partial charge in [-0.05, 0) is 31.4 Å². The van der Waals surface area contributed by atoms with Crippen LogP contribution in [0.15, 0.2) is 24.4 Å². The van der Waals surface area contributed by atoms with E-state index in [1.807, 2.05) is 33.7 Å². The zero-order valence-electron chi connectivity index (χ0n) is 12.3. The molecule has 3 heterocycles. The van der Waals surface area contributed by atoms with Gasteiger partial charge in [0.05, 0.1) is 0 Å². The highest BCUT2D eigenvalue weighted by molar-refractivity contribution is 5.74. The standard InChI is InChI=1S/C15H21N5O/c1-2-8-16-15(21)19-9-5-6-12(11-19)14-18-17-13-7-3-4-10-20(13)14/h3-4,7,10,12H,2,5-6,8-9,11H2,1H3,(H,16,21). The van der Waals surface area contributed by atoms with E-state index in [0.29, 0.717) is 6.54 Å². The molecule has 3 rings (SSSR count). The lowest BCUT2D eigenvalue weighted by atomic mass is 9.97. The zero-order chi connectivity index (χ0) is 14.7. The molecule has 2 aromatic rings. The Morgan fingerprint density at radius 3 is 3.19 bits per heavy atom. The number of aromatic nitrogens is 3. The molecule has 2 amide bonds. The molecule has 0 spiro atoms. The third-order valence-electron chi connectivity index (χ3n) is 3.94. The number of urea groups is 1. The van der Waals surface area contributed by atoms with Gasteiger partial charge in [-0.1, -0.05) is 13.0 Å². The number of carbonyl (C=O) groups is 1. The average molecular weight is 287 g/mol. The lowest BCUT2D eigenvalue weighted by Crippen LogP contribution is -2.45. The molecule has 1 N–H and O–H groups in total. The van der Waals surface area contributed by atoms with Gasteiger partial charge in [-0.2, -0.15) is 0 Å². The number of fused-ring (bicyclic) bond motifs is 1. The summed E-state index contributed by atoms with van der Waals surface area (Å²) >= 11 is 0. The Labute approximate surface area is 124 Å². The van der Waals surface area contributed by atoms with E-state index in [1.54, 1.807) is 0 Å². The normalized spacial score (nSPS) is 18.9. The number of nitrogens with zero attached hydrogens (tertiary/aromatic N) is 4. The molecule has 1 saturated heterocycles. The summed E-state index contributed by atoms with van der Waals surface area (Å²) < 4.78 is 2.03. The van der Waals surface area contributed by atoms with Crippen molar-refractivity contribution in [3.63, 3.8) is 0 Å². The van der Waals surface area contributed by atoms with E-state index >= 15 is 0 Å². The van der Waals surface area contributed by atoms with Crippen LogP contribution in [-0.2, 0) is 0 Å². The fourth-order valence-electron chi connectivity index (χ4n) is 2.85. The van der Waals surface area contributed by atoms with Crippen molar-refractivity contribution in [2.24, 2.45) is 0 Å². The fraction of sp³-hybridized carbons (Fsp3) is 0.533. The van der Waals surface area contributed by atoms with E-state index in [2.05, 4.69) is 22.4 Å². The summed E-state index contributed by atoms with van der Waals surface area (Å²) in [5.74, 6) is 1.21. The van der Waals surface area contributed by atoms with E-state index in [4.69, 9.17) is 0 Å². The summed E-state index contributed by atoms with van der Waals surface area (Å²) in [6, 6.07) is 5.92. The van der Waals surface area contributed by atoms with E-state index in [1.165, 1.54) is 0 Å². The SMILES string of the molecule is CCCNC(=O)N1CCCC(c2nnc3ccccn23)C1. The first-order valence-corrected chi connectivity index (χ1v) is 7.62. The van der Waals surface area contributed by atoms with Crippen molar-refractivity contribution >= 4 is 11.7 Å². The predicted octanol–water partition coefficient (Wildman–Crippen LogP) is 2.03. The van der Waals surface area contributed by atoms with Gasteiger partial charge in [-0.25, -0.2) is 4.79 Å². The second kappa shape index (κ2) is 6.11. The van der Waals surface area contributed by atoms with Gasteiger partial charge < -0.3 is 10.2 Å². The Morgan fingerprint density at radius 2 is 2.33 bits per heavy atom. The number of piperidine rings is 1. The number of pyridine rings is 1. The van der Waals surface area contributed by atoms with Gasteiger partial charge in [-0.3, -0.25) is 4.40 Å². The lowest BCUT2D eigenvalue weighted by Gasteiger charge is -2.32. The first-order valence-electron chi connectivity index (χ1n) is 7.62. The number of carbonyl (C=O) groups excluding carboxylic acids is 1. The van der Waals surface area contributed by atoms with Crippen LogP contribution in [0.2, 0.25) is 0 Å². The molecular formula is C15H21N5O. The van der Waals surface area contributed by atoms with Crippen molar-refractivity contribution in [3.05, 3.63) is 30.2 Å². The smallest absolute Gasteiger partial charge is 0.317 e. The molecule has 0 radical (unpaired) electrons. The Balaban J connectivity index is 1.75. The molecule has 1 atom stereocenters. The van der Waals surface area contributed by atoms with Crippen molar-refractivity contribution in [1.82, 2.24) is 24.8 Å². The van der Waals surface area contributed by atoms with Crippen molar-refractivity contribution in [3.8, 4) is 0 Å². The molecule has 6 nitrogen and oxygen atoms in total. The minimum atomic E-state index is 0.0374. The third kappa shape index (κ3) is 2.84. The average Bonchev–Trinajstić information content (AvgIpc) is 2.97. The van der Waals surface area contributed by atoms with E-state index in [0.717, 1.165) is 43.8 Å². The van der Waals surface area contributed by atoms with Crippen molar-refractivity contribution in [2.45, 2.75) is 32.1 Å².